The molecule has 2 atom stereocenters. The minimum absolute atomic E-state index is 0.191. The fraction of sp³-hybridized carbons (Fsp3) is 0.364. The largest absolute Gasteiger partial charge is 0.459 e. The third-order valence-corrected chi connectivity index (χ3v) is 5.48. The minimum Gasteiger partial charge on any atom is -0.459 e. The lowest BCUT2D eigenvalue weighted by Crippen LogP contribution is -2.54. The molecular weight excluding hydrogens is 354 g/mol. The second-order valence-electron chi connectivity index (χ2n) is 7.56. The van der Waals surface area contributed by atoms with Crippen LogP contribution >= 0.6 is 0 Å². The van der Waals surface area contributed by atoms with Gasteiger partial charge in [-0.3, -0.25) is 14.7 Å². The quantitative estimate of drug-likeness (QED) is 0.729. The number of furan rings is 1. The van der Waals surface area contributed by atoms with Crippen molar-refractivity contribution in [3.05, 3.63) is 65.2 Å². The van der Waals surface area contributed by atoms with Gasteiger partial charge in [-0.15, -0.1) is 0 Å². The Morgan fingerprint density at radius 3 is 2.86 bits per heavy atom. The predicted octanol–water partition coefficient (Wildman–Crippen LogP) is 2.81. The van der Waals surface area contributed by atoms with Crippen LogP contribution in [0.25, 0.3) is 11.0 Å². The summed E-state index contributed by atoms with van der Waals surface area (Å²) in [6, 6.07) is 9.23. The number of rotatable bonds is 4. The van der Waals surface area contributed by atoms with Crippen molar-refractivity contribution in [2.24, 2.45) is 0 Å². The molecular formula is C22H25N3O3. The van der Waals surface area contributed by atoms with Crippen molar-refractivity contribution in [2.75, 3.05) is 13.1 Å². The van der Waals surface area contributed by atoms with Gasteiger partial charge in [-0.25, -0.2) is 0 Å². The number of carbonyl (C=O) groups excluding carboxylic acids is 1. The van der Waals surface area contributed by atoms with Crippen molar-refractivity contribution in [1.29, 1.82) is 0 Å². The lowest BCUT2D eigenvalue weighted by molar-refractivity contribution is 0.0390. The molecule has 2 N–H and O–H groups in total. The summed E-state index contributed by atoms with van der Waals surface area (Å²) >= 11 is 0. The Morgan fingerprint density at radius 1 is 1.29 bits per heavy atom. The maximum atomic E-state index is 12.4. The average Bonchev–Trinajstić information content (AvgIpc) is 3.00. The first-order valence-electron chi connectivity index (χ1n) is 9.61. The maximum absolute atomic E-state index is 12.4. The number of benzene rings is 1. The molecule has 2 aromatic heterocycles. The van der Waals surface area contributed by atoms with Crippen LogP contribution in [0.3, 0.4) is 0 Å². The van der Waals surface area contributed by atoms with E-state index in [2.05, 4.69) is 41.2 Å². The minimum atomic E-state index is -0.554. The number of aliphatic hydroxyl groups excluding tert-OH is 1. The number of fused-ring (bicyclic) bond motifs is 1. The summed E-state index contributed by atoms with van der Waals surface area (Å²) in [6.07, 6.45) is 3.23. The molecule has 3 aromatic rings. The molecule has 1 amide bonds. The third kappa shape index (κ3) is 3.79. The van der Waals surface area contributed by atoms with Crippen molar-refractivity contribution in [1.82, 2.24) is 15.2 Å². The Balaban J connectivity index is 1.46. The number of pyridine rings is 1. The number of likely N-dealkylation sites (tertiary alicyclic amines) is 1. The first kappa shape index (κ1) is 18.7. The summed E-state index contributed by atoms with van der Waals surface area (Å²) < 4.78 is 6.07. The maximum Gasteiger partial charge on any atom is 0.251 e. The second kappa shape index (κ2) is 7.73. The van der Waals surface area contributed by atoms with Gasteiger partial charge < -0.3 is 14.8 Å². The molecule has 146 valence electrons. The van der Waals surface area contributed by atoms with E-state index in [0.717, 1.165) is 28.8 Å². The molecule has 1 aromatic carbocycles. The van der Waals surface area contributed by atoms with Crippen LogP contribution in [0.15, 0.2) is 47.1 Å². The summed E-state index contributed by atoms with van der Waals surface area (Å²) in [6.45, 7) is 6.16. The van der Waals surface area contributed by atoms with Crippen molar-refractivity contribution in [2.45, 2.75) is 39.0 Å². The number of nitrogens with zero attached hydrogens (tertiary/aromatic N) is 2. The fourth-order valence-electron chi connectivity index (χ4n) is 3.79. The number of nitrogens with one attached hydrogen (secondary N) is 1. The van der Waals surface area contributed by atoms with Gasteiger partial charge in [0, 0.05) is 36.4 Å². The molecule has 6 heteroatoms. The Bertz CT molecular complexity index is 983. The Labute approximate surface area is 164 Å². The van der Waals surface area contributed by atoms with Crippen molar-refractivity contribution < 1.29 is 14.3 Å². The second-order valence-corrected chi connectivity index (χ2v) is 7.56. The summed E-state index contributed by atoms with van der Waals surface area (Å²) in [7, 11) is 0. The van der Waals surface area contributed by atoms with E-state index < -0.39 is 6.10 Å². The van der Waals surface area contributed by atoms with Crippen molar-refractivity contribution >= 4 is 16.9 Å². The number of hydrogen-bond donors (Lipinski definition) is 2. The van der Waals surface area contributed by atoms with Gasteiger partial charge in [-0.05, 0) is 50.1 Å². The van der Waals surface area contributed by atoms with Crippen molar-refractivity contribution in [3.8, 4) is 0 Å². The molecule has 1 aliphatic heterocycles. The summed E-state index contributed by atoms with van der Waals surface area (Å²) in [5.41, 5.74) is 3.81. The van der Waals surface area contributed by atoms with Crippen LogP contribution < -0.4 is 5.32 Å². The molecule has 0 spiro atoms. The van der Waals surface area contributed by atoms with E-state index in [1.807, 2.05) is 6.07 Å². The van der Waals surface area contributed by atoms with Crippen LogP contribution in [0.5, 0.6) is 0 Å². The standard InChI is InChI=1S/C22H25N3O3/c1-14-3-4-20-17(11-14)15(2)21(28-20)13-25-10-7-19(26)18(12-25)24-22(27)16-5-8-23-9-6-16/h3-6,8-9,11,18-19,26H,7,10,12-13H2,1-2H3,(H,24,27)/t18-,19-/m1/s1. The average molecular weight is 379 g/mol. The smallest absolute Gasteiger partial charge is 0.251 e. The normalized spacial score (nSPS) is 20.4. The monoisotopic (exact) mass is 379 g/mol. The molecule has 28 heavy (non-hydrogen) atoms. The Morgan fingerprint density at radius 2 is 2.07 bits per heavy atom. The van der Waals surface area contributed by atoms with E-state index in [9.17, 15) is 9.90 Å². The van der Waals surface area contributed by atoms with Gasteiger partial charge in [0.15, 0.2) is 0 Å². The fourth-order valence-corrected chi connectivity index (χ4v) is 3.79. The van der Waals surface area contributed by atoms with Crippen LogP contribution in [0.4, 0.5) is 0 Å². The molecule has 1 saturated heterocycles. The molecule has 3 heterocycles. The summed E-state index contributed by atoms with van der Waals surface area (Å²) in [4.78, 5) is 18.6. The van der Waals surface area contributed by atoms with E-state index in [1.165, 1.54) is 5.56 Å². The predicted molar refractivity (Wildman–Crippen MR) is 107 cm³/mol. The first-order valence-corrected chi connectivity index (χ1v) is 9.61. The van der Waals surface area contributed by atoms with E-state index in [1.54, 1.807) is 24.5 Å². The first-order chi connectivity index (χ1) is 13.5. The highest BCUT2D eigenvalue weighted by molar-refractivity contribution is 5.94. The molecule has 6 nitrogen and oxygen atoms in total. The van der Waals surface area contributed by atoms with E-state index in [-0.39, 0.29) is 11.9 Å². The lowest BCUT2D eigenvalue weighted by Gasteiger charge is -2.36. The molecule has 1 fully saturated rings. The molecule has 4 rings (SSSR count). The highest BCUT2D eigenvalue weighted by Crippen LogP contribution is 2.28. The van der Waals surface area contributed by atoms with Gasteiger partial charge in [0.05, 0.1) is 18.7 Å². The number of piperidine rings is 1. The number of amides is 1. The molecule has 0 saturated carbocycles. The number of carbonyl (C=O) groups is 1. The lowest BCUT2D eigenvalue weighted by atomic mass is 10.0. The zero-order chi connectivity index (χ0) is 19.7. The number of hydrogen-bond acceptors (Lipinski definition) is 5. The van der Waals surface area contributed by atoms with Crippen LogP contribution in [0.1, 0.15) is 33.7 Å². The van der Waals surface area contributed by atoms with Crippen LogP contribution in [0, 0.1) is 13.8 Å². The summed E-state index contributed by atoms with van der Waals surface area (Å²) in [5, 5.41) is 14.5. The van der Waals surface area contributed by atoms with Crippen molar-refractivity contribution in [3.63, 3.8) is 0 Å². The van der Waals surface area contributed by atoms with Crippen LogP contribution in [-0.4, -0.2) is 46.1 Å². The zero-order valence-corrected chi connectivity index (χ0v) is 16.2. The van der Waals surface area contributed by atoms with Gasteiger partial charge in [0.25, 0.3) is 5.91 Å². The number of aryl methyl sites for hydroxylation is 2. The number of aliphatic hydroxyl groups is 1. The van der Waals surface area contributed by atoms with Crippen LogP contribution in [0.2, 0.25) is 0 Å². The molecule has 0 radical (unpaired) electrons. The van der Waals surface area contributed by atoms with Crippen LogP contribution in [-0.2, 0) is 6.54 Å². The molecule has 0 aliphatic carbocycles. The molecule has 0 bridgehead atoms. The topological polar surface area (TPSA) is 78.6 Å². The highest BCUT2D eigenvalue weighted by Gasteiger charge is 2.30. The highest BCUT2D eigenvalue weighted by atomic mass is 16.3. The van der Waals surface area contributed by atoms with Gasteiger partial charge in [0.2, 0.25) is 0 Å². The van der Waals surface area contributed by atoms with E-state index in [4.69, 9.17) is 4.42 Å². The van der Waals surface area contributed by atoms with Gasteiger partial charge in [-0.2, -0.15) is 0 Å². The van der Waals surface area contributed by atoms with E-state index in [0.29, 0.717) is 25.1 Å². The van der Waals surface area contributed by atoms with Gasteiger partial charge in [-0.1, -0.05) is 11.6 Å². The Kier molecular flexibility index (Phi) is 5.15. The van der Waals surface area contributed by atoms with Gasteiger partial charge >= 0.3 is 0 Å². The number of aromatic nitrogens is 1. The van der Waals surface area contributed by atoms with Gasteiger partial charge in [0.1, 0.15) is 11.3 Å². The third-order valence-electron chi connectivity index (χ3n) is 5.48. The summed E-state index contributed by atoms with van der Waals surface area (Å²) in [5.74, 6) is 0.750. The SMILES string of the molecule is Cc1ccc2oc(CN3CC[C@@H](O)[C@H](NC(=O)c4ccncc4)C3)c(C)c2c1. The molecule has 1 aliphatic rings. The van der Waals surface area contributed by atoms with E-state index >= 15 is 0 Å². The molecule has 0 unspecified atom stereocenters. The Hall–Kier alpha value is -2.70. The zero-order valence-electron chi connectivity index (χ0n) is 16.2.